The Balaban J connectivity index is 1.61. The van der Waals surface area contributed by atoms with E-state index >= 15 is 0 Å². The first kappa shape index (κ1) is 12.1. The molecular formula is C14H20N2O. The van der Waals surface area contributed by atoms with Crippen LogP contribution < -0.4 is 10.6 Å². The van der Waals surface area contributed by atoms with Gasteiger partial charge >= 0.3 is 0 Å². The molecule has 17 heavy (non-hydrogen) atoms. The van der Waals surface area contributed by atoms with Gasteiger partial charge in [0.2, 0.25) is 5.91 Å². The molecule has 0 spiro atoms. The van der Waals surface area contributed by atoms with E-state index in [9.17, 15) is 4.79 Å². The summed E-state index contributed by atoms with van der Waals surface area (Å²) in [6.45, 7) is 1.74. The highest BCUT2D eigenvalue weighted by Gasteiger charge is 2.20. The van der Waals surface area contributed by atoms with Gasteiger partial charge in [-0.05, 0) is 37.8 Å². The van der Waals surface area contributed by atoms with Gasteiger partial charge in [0, 0.05) is 6.54 Å². The first-order chi connectivity index (χ1) is 8.36. The third-order valence-electron chi connectivity index (χ3n) is 3.16. The minimum atomic E-state index is 0.0479. The quantitative estimate of drug-likeness (QED) is 0.755. The monoisotopic (exact) mass is 232 g/mol. The number of amides is 1. The maximum atomic E-state index is 11.7. The highest BCUT2D eigenvalue weighted by Crippen LogP contribution is 2.05. The molecule has 1 atom stereocenters. The Morgan fingerprint density at radius 1 is 1.35 bits per heavy atom. The average Bonchev–Trinajstić information content (AvgIpc) is 2.89. The lowest BCUT2D eigenvalue weighted by Crippen LogP contribution is -2.40. The predicted octanol–water partition coefficient (Wildman–Crippen LogP) is 1.49. The second-order valence-corrected chi connectivity index (χ2v) is 4.53. The molecule has 1 fully saturated rings. The van der Waals surface area contributed by atoms with E-state index < -0.39 is 0 Å². The molecule has 1 aliphatic heterocycles. The van der Waals surface area contributed by atoms with Gasteiger partial charge in [-0.2, -0.15) is 0 Å². The summed E-state index contributed by atoms with van der Waals surface area (Å²) in [4.78, 5) is 11.7. The normalized spacial score (nSPS) is 19.2. The van der Waals surface area contributed by atoms with Crippen molar-refractivity contribution < 1.29 is 4.79 Å². The van der Waals surface area contributed by atoms with Gasteiger partial charge in [0.05, 0.1) is 6.04 Å². The number of hydrogen-bond donors (Lipinski definition) is 2. The van der Waals surface area contributed by atoms with Crippen molar-refractivity contribution in [3.05, 3.63) is 35.9 Å². The van der Waals surface area contributed by atoms with Crippen LogP contribution in [0.1, 0.15) is 24.8 Å². The molecule has 0 aliphatic carbocycles. The number of aryl methyl sites for hydroxylation is 1. The van der Waals surface area contributed by atoms with Crippen molar-refractivity contribution in [2.24, 2.45) is 0 Å². The van der Waals surface area contributed by atoms with Crippen LogP contribution in [0, 0.1) is 0 Å². The molecule has 1 amide bonds. The van der Waals surface area contributed by atoms with Gasteiger partial charge in [-0.15, -0.1) is 0 Å². The van der Waals surface area contributed by atoms with E-state index in [0.717, 1.165) is 38.8 Å². The predicted molar refractivity (Wildman–Crippen MR) is 68.8 cm³/mol. The Bertz CT molecular complexity index is 344. The average molecular weight is 232 g/mol. The van der Waals surface area contributed by atoms with Crippen molar-refractivity contribution in [2.45, 2.75) is 31.7 Å². The zero-order valence-electron chi connectivity index (χ0n) is 10.1. The van der Waals surface area contributed by atoms with E-state index in [-0.39, 0.29) is 11.9 Å². The molecule has 1 heterocycles. The van der Waals surface area contributed by atoms with Crippen LogP contribution in [0.3, 0.4) is 0 Å². The standard InChI is InChI=1S/C14H20N2O/c17-14(13-9-5-10-15-13)16-11-4-8-12-6-2-1-3-7-12/h1-3,6-7,13,15H,4-5,8-11H2,(H,16,17)/t13-/m1/s1. The van der Waals surface area contributed by atoms with Crippen LogP contribution in [0.4, 0.5) is 0 Å². The molecule has 92 valence electrons. The summed E-state index contributed by atoms with van der Waals surface area (Å²) in [5, 5.41) is 6.20. The SMILES string of the molecule is O=C(NCCCc1ccccc1)[C@H]1CCCN1. The van der Waals surface area contributed by atoms with Gasteiger partial charge in [0.25, 0.3) is 0 Å². The number of benzene rings is 1. The maximum absolute atomic E-state index is 11.7. The summed E-state index contributed by atoms with van der Waals surface area (Å²) < 4.78 is 0. The summed E-state index contributed by atoms with van der Waals surface area (Å²) in [6.07, 6.45) is 4.12. The molecule has 1 aromatic rings. The van der Waals surface area contributed by atoms with Crippen molar-refractivity contribution in [1.29, 1.82) is 0 Å². The summed E-state index contributed by atoms with van der Waals surface area (Å²) in [5.74, 6) is 0.163. The molecule has 1 saturated heterocycles. The van der Waals surface area contributed by atoms with Crippen molar-refractivity contribution in [2.75, 3.05) is 13.1 Å². The Hall–Kier alpha value is -1.35. The second kappa shape index (κ2) is 6.40. The minimum absolute atomic E-state index is 0.0479. The molecule has 1 aliphatic rings. The Morgan fingerprint density at radius 2 is 2.18 bits per heavy atom. The van der Waals surface area contributed by atoms with E-state index in [0.29, 0.717) is 0 Å². The number of carbonyl (C=O) groups excluding carboxylic acids is 1. The summed E-state index contributed by atoms with van der Waals surface area (Å²) in [7, 11) is 0. The molecule has 3 heteroatoms. The highest BCUT2D eigenvalue weighted by atomic mass is 16.2. The lowest BCUT2D eigenvalue weighted by Gasteiger charge is -2.10. The molecule has 3 nitrogen and oxygen atoms in total. The third kappa shape index (κ3) is 3.86. The minimum Gasteiger partial charge on any atom is -0.355 e. The van der Waals surface area contributed by atoms with Crippen molar-refractivity contribution in [3.63, 3.8) is 0 Å². The van der Waals surface area contributed by atoms with E-state index in [4.69, 9.17) is 0 Å². The number of hydrogen-bond acceptors (Lipinski definition) is 2. The zero-order chi connectivity index (χ0) is 11.9. The number of carbonyl (C=O) groups is 1. The van der Waals surface area contributed by atoms with Crippen molar-refractivity contribution in [3.8, 4) is 0 Å². The van der Waals surface area contributed by atoms with Crippen LogP contribution in [0.25, 0.3) is 0 Å². The van der Waals surface area contributed by atoms with Crippen molar-refractivity contribution >= 4 is 5.91 Å². The molecule has 2 rings (SSSR count). The largest absolute Gasteiger partial charge is 0.355 e. The van der Waals surface area contributed by atoms with E-state index in [1.165, 1.54) is 5.56 Å². The van der Waals surface area contributed by atoms with Gasteiger partial charge in [-0.25, -0.2) is 0 Å². The van der Waals surface area contributed by atoms with Gasteiger partial charge < -0.3 is 10.6 Å². The van der Waals surface area contributed by atoms with E-state index in [1.807, 2.05) is 6.07 Å². The Labute approximate surface area is 103 Å². The van der Waals surface area contributed by atoms with Gasteiger partial charge in [-0.3, -0.25) is 4.79 Å². The molecule has 2 N–H and O–H groups in total. The Kier molecular flexibility index (Phi) is 4.56. The van der Waals surface area contributed by atoms with E-state index in [1.54, 1.807) is 0 Å². The van der Waals surface area contributed by atoms with Crippen LogP contribution in [-0.4, -0.2) is 25.0 Å². The maximum Gasteiger partial charge on any atom is 0.237 e. The molecule has 0 bridgehead atoms. The molecule has 0 aromatic heterocycles. The fourth-order valence-electron chi connectivity index (χ4n) is 2.18. The first-order valence-corrected chi connectivity index (χ1v) is 6.41. The molecule has 0 radical (unpaired) electrons. The van der Waals surface area contributed by atoms with Crippen LogP contribution in [0.2, 0.25) is 0 Å². The van der Waals surface area contributed by atoms with Gasteiger partial charge in [0.15, 0.2) is 0 Å². The van der Waals surface area contributed by atoms with Crippen LogP contribution >= 0.6 is 0 Å². The van der Waals surface area contributed by atoms with Crippen LogP contribution in [0.5, 0.6) is 0 Å². The highest BCUT2D eigenvalue weighted by molar-refractivity contribution is 5.81. The molecular weight excluding hydrogens is 212 g/mol. The summed E-state index contributed by atoms with van der Waals surface area (Å²) in [5.41, 5.74) is 1.33. The lowest BCUT2D eigenvalue weighted by atomic mass is 10.1. The summed E-state index contributed by atoms with van der Waals surface area (Å²) >= 11 is 0. The first-order valence-electron chi connectivity index (χ1n) is 6.41. The second-order valence-electron chi connectivity index (χ2n) is 4.53. The smallest absolute Gasteiger partial charge is 0.237 e. The lowest BCUT2D eigenvalue weighted by molar-refractivity contribution is -0.122. The molecule has 0 unspecified atom stereocenters. The number of rotatable bonds is 5. The van der Waals surface area contributed by atoms with E-state index in [2.05, 4.69) is 34.9 Å². The summed E-state index contributed by atoms with van der Waals surface area (Å²) in [6, 6.07) is 10.4. The Morgan fingerprint density at radius 3 is 2.88 bits per heavy atom. The fourth-order valence-corrected chi connectivity index (χ4v) is 2.18. The number of nitrogens with one attached hydrogen (secondary N) is 2. The third-order valence-corrected chi connectivity index (χ3v) is 3.16. The van der Waals surface area contributed by atoms with Crippen LogP contribution in [-0.2, 0) is 11.2 Å². The molecule has 0 saturated carbocycles. The van der Waals surface area contributed by atoms with Crippen LogP contribution in [0.15, 0.2) is 30.3 Å². The topological polar surface area (TPSA) is 41.1 Å². The van der Waals surface area contributed by atoms with Gasteiger partial charge in [-0.1, -0.05) is 30.3 Å². The van der Waals surface area contributed by atoms with Crippen molar-refractivity contribution in [1.82, 2.24) is 10.6 Å². The fraction of sp³-hybridized carbons (Fsp3) is 0.500. The zero-order valence-corrected chi connectivity index (χ0v) is 10.1. The molecule has 1 aromatic carbocycles. The van der Waals surface area contributed by atoms with Gasteiger partial charge in [0.1, 0.15) is 0 Å².